The van der Waals surface area contributed by atoms with Crippen molar-refractivity contribution < 1.29 is 22.4 Å². The lowest BCUT2D eigenvalue weighted by molar-refractivity contribution is -0.140. The monoisotopic (exact) mass is 317 g/mol. The van der Waals surface area contributed by atoms with Crippen LogP contribution in [0.5, 0.6) is 0 Å². The van der Waals surface area contributed by atoms with E-state index in [2.05, 4.69) is 15.2 Å². The number of carbonyl (C=O) groups is 1. The lowest BCUT2D eigenvalue weighted by Crippen LogP contribution is -2.47. The molecule has 2 aliphatic rings. The van der Waals surface area contributed by atoms with E-state index in [-0.39, 0.29) is 6.04 Å². The Hall–Kier alpha value is -1.70. The minimum Gasteiger partial charge on any atom is -0.347 e. The number of fused-ring (bicyclic) bond motifs is 2. The predicted molar refractivity (Wildman–Crippen MR) is 69.6 cm³/mol. The van der Waals surface area contributed by atoms with Crippen molar-refractivity contribution in [3.05, 3.63) is 29.3 Å². The molecule has 22 heavy (non-hydrogen) atoms. The molecule has 0 aromatic carbocycles. The second-order valence-electron chi connectivity index (χ2n) is 5.87. The third-order valence-electron chi connectivity index (χ3n) is 4.20. The Labute approximate surface area is 124 Å². The quantitative estimate of drug-likeness (QED) is 0.849. The van der Waals surface area contributed by atoms with E-state index in [1.54, 1.807) is 0 Å². The number of amides is 1. The molecular formula is C14H15F4N3O. The van der Waals surface area contributed by atoms with Gasteiger partial charge >= 0.3 is 6.18 Å². The molecule has 2 aliphatic heterocycles. The fourth-order valence-corrected chi connectivity index (χ4v) is 3.20. The smallest absolute Gasteiger partial charge is 0.347 e. The van der Waals surface area contributed by atoms with Crippen LogP contribution in [0.4, 0.5) is 17.6 Å². The van der Waals surface area contributed by atoms with Crippen molar-refractivity contribution in [2.45, 2.75) is 25.1 Å². The summed E-state index contributed by atoms with van der Waals surface area (Å²) >= 11 is 0. The first-order valence-corrected chi connectivity index (χ1v) is 7.09. The fourth-order valence-electron chi connectivity index (χ4n) is 3.20. The second kappa shape index (κ2) is 5.49. The van der Waals surface area contributed by atoms with Crippen LogP contribution in [0.3, 0.4) is 0 Å². The molecule has 1 N–H and O–H groups in total. The summed E-state index contributed by atoms with van der Waals surface area (Å²) in [6, 6.07) is 0.359. The molecule has 1 aromatic heterocycles. The van der Waals surface area contributed by atoms with E-state index >= 15 is 0 Å². The van der Waals surface area contributed by atoms with Crippen LogP contribution in [0.1, 0.15) is 28.9 Å². The third-order valence-corrected chi connectivity index (χ3v) is 4.20. The molecule has 2 fully saturated rings. The highest BCUT2D eigenvalue weighted by molar-refractivity contribution is 5.92. The molecule has 8 heteroatoms. The molecule has 0 radical (unpaired) electrons. The molecule has 120 valence electrons. The molecule has 3 rings (SSSR count). The first-order chi connectivity index (χ1) is 10.3. The zero-order valence-corrected chi connectivity index (χ0v) is 11.7. The van der Waals surface area contributed by atoms with Gasteiger partial charge in [-0.25, -0.2) is 9.37 Å². The number of alkyl halides is 3. The number of nitrogens with one attached hydrogen (secondary N) is 1. The van der Waals surface area contributed by atoms with Crippen LogP contribution in [0.2, 0.25) is 0 Å². The van der Waals surface area contributed by atoms with Gasteiger partial charge in [0.1, 0.15) is 5.69 Å². The zero-order valence-electron chi connectivity index (χ0n) is 11.7. The fraction of sp³-hybridized carbons (Fsp3) is 0.571. The van der Waals surface area contributed by atoms with E-state index in [1.807, 2.05) is 0 Å². The number of hydrogen-bond donors (Lipinski definition) is 1. The van der Waals surface area contributed by atoms with Gasteiger partial charge < -0.3 is 10.2 Å². The highest BCUT2D eigenvalue weighted by atomic mass is 19.4. The van der Waals surface area contributed by atoms with Crippen molar-refractivity contribution in [2.24, 2.45) is 5.92 Å². The number of hydrogen-bond acceptors (Lipinski definition) is 3. The average Bonchev–Trinajstić information content (AvgIpc) is 2.77. The van der Waals surface area contributed by atoms with E-state index in [4.69, 9.17) is 0 Å². The van der Waals surface area contributed by atoms with Gasteiger partial charge in [0, 0.05) is 19.1 Å². The van der Waals surface area contributed by atoms with Gasteiger partial charge in [-0.05, 0) is 31.4 Å². The first-order valence-electron chi connectivity index (χ1n) is 7.09. The normalized spacial score (nSPS) is 27.7. The van der Waals surface area contributed by atoms with Crippen LogP contribution in [0.25, 0.3) is 0 Å². The van der Waals surface area contributed by atoms with Gasteiger partial charge in [0.15, 0.2) is 5.82 Å². The highest BCUT2D eigenvalue weighted by Gasteiger charge is 2.36. The summed E-state index contributed by atoms with van der Waals surface area (Å²) in [5, 5.41) is 2.70. The van der Waals surface area contributed by atoms with Crippen molar-refractivity contribution >= 4 is 5.91 Å². The summed E-state index contributed by atoms with van der Waals surface area (Å²) in [4.78, 5) is 17.7. The predicted octanol–water partition coefficient (Wildman–Crippen LogP) is 2.06. The van der Waals surface area contributed by atoms with Crippen molar-refractivity contribution in [1.82, 2.24) is 15.2 Å². The van der Waals surface area contributed by atoms with E-state index in [9.17, 15) is 22.4 Å². The summed E-state index contributed by atoms with van der Waals surface area (Å²) in [7, 11) is 0. The number of pyridine rings is 1. The van der Waals surface area contributed by atoms with Crippen LogP contribution in [-0.2, 0) is 6.18 Å². The number of halogens is 4. The molecule has 1 amide bonds. The van der Waals surface area contributed by atoms with Gasteiger partial charge in [0.25, 0.3) is 5.91 Å². The molecule has 0 saturated carbocycles. The maximum atomic E-state index is 13.2. The molecule has 3 unspecified atom stereocenters. The largest absolute Gasteiger partial charge is 0.419 e. The molecule has 4 nitrogen and oxygen atoms in total. The Morgan fingerprint density at radius 3 is 2.82 bits per heavy atom. The SMILES string of the molecule is O=C(NC1CC2CCN(C2)C1)c1cc(C(F)(F)F)c(F)cn1. The number of nitrogens with zero attached hydrogens (tertiary/aromatic N) is 2. The van der Waals surface area contributed by atoms with Gasteiger partial charge in [-0.15, -0.1) is 0 Å². The summed E-state index contributed by atoms with van der Waals surface area (Å²) in [5.74, 6) is -1.66. The minimum atomic E-state index is -4.85. The zero-order chi connectivity index (χ0) is 15.9. The van der Waals surface area contributed by atoms with Crippen molar-refractivity contribution in [3.8, 4) is 0 Å². The maximum Gasteiger partial charge on any atom is 0.419 e. The Morgan fingerprint density at radius 2 is 2.14 bits per heavy atom. The Morgan fingerprint density at radius 1 is 1.36 bits per heavy atom. The van der Waals surface area contributed by atoms with E-state index in [1.165, 1.54) is 0 Å². The molecule has 2 saturated heterocycles. The van der Waals surface area contributed by atoms with Gasteiger partial charge in [-0.1, -0.05) is 0 Å². The van der Waals surface area contributed by atoms with E-state index in [0.717, 1.165) is 25.9 Å². The van der Waals surface area contributed by atoms with Crippen LogP contribution in [0, 0.1) is 11.7 Å². The lowest BCUT2D eigenvalue weighted by Gasteiger charge is -2.30. The Kier molecular flexibility index (Phi) is 3.80. The minimum absolute atomic E-state index is 0.102. The molecule has 1 aromatic rings. The first kappa shape index (κ1) is 15.2. The Bertz CT molecular complexity index is 578. The summed E-state index contributed by atoms with van der Waals surface area (Å²) in [5.41, 5.74) is -1.89. The topological polar surface area (TPSA) is 45.2 Å². The van der Waals surface area contributed by atoms with Gasteiger partial charge in [0.2, 0.25) is 0 Å². The summed E-state index contributed by atoms with van der Waals surface area (Å²) in [6.07, 6.45) is -2.52. The molecule has 3 atom stereocenters. The Balaban J connectivity index is 1.72. The van der Waals surface area contributed by atoms with Crippen molar-refractivity contribution in [1.29, 1.82) is 0 Å². The van der Waals surface area contributed by atoms with Crippen LogP contribution < -0.4 is 5.32 Å². The highest BCUT2D eigenvalue weighted by Crippen LogP contribution is 2.31. The standard InChI is InChI=1S/C14H15F4N3O/c15-11-5-19-12(4-10(11)14(16,17)18)13(22)20-9-3-8-1-2-21(6-8)7-9/h4-5,8-9H,1-3,6-7H2,(H,20,22). The van der Waals surface area contributed by atoms with Gasteiger partial charge in [-0.2, -0.15) is 13.2 Å². The molecule has 2 bridgehead atoms. The van der Waals surface area contributed by atoms with E-state index < -0.39 is 29.2 Å². The molecule has 0 spiro atoms. The van der Waals surface area contributed by atoms with Crippen LogP contribution in [-0.4, -0.2) is 41.5 Å². The van der Waals surface area contributed by atoms with Gasteiger partial charge in [-0.3, -0.25) is 4.79 Å². The van der Waals surface area contributed by atoms with Crippen LogP contribution >= 0.6 is 0 Å². The van der Waals surface area contributed by atoms with E-state index in [0.29, 0.717) is 24.7 Å². The summed E-state index contributed by atoms with van der Waals surface area (Å²) in [6.45, 7) is 2.69. The average molecular weight is 317 g/mol. The number of rotatable bonds is 2. The molecule has 0 aliphatic carbocycles. The van der Waals surface area contributed by atoms with Crippen molar-refractivity contribution in [2.75, 3.05) is 19.6 Å². The van der Waals surface area contributed by atoms with Crippen molar-refractivity contribution in [3.63, 3.8) is 0 Å². The second-order valence-corrected chi connectivity index (χ2v) is 5.87. The summed E-state index contributed by atoms with van der Waals surface area (Å²) < 4.78 is 51.1. The number of piperidine rings is 1. The molecule has 3 heterocycles. The molecular weight excluding hydrogens is 302 g/mol. The lowest BCUT2D eigenvalue weighted by atomic mass is 9.97. The van der Waals surface area contributed by atoms with Gasteiger partial charge in [0.05, 0.1) is 11.8 Å². The maximum absolute atomic E-state index is 13.2. The van der Waals surface area contributed by atoms with Crippen LogP contribution in [0.15, 0.2) is 12.3 Å². The third kappa shape index (κ3) is 3.06. The number of aromatic nitrogens is 1. The number of carbonyl (C=O) groups excluding carboxylic acids is 1.